The minimum atomic E-state index is -0.181. The van der Waals surface area contributed by atoms with E-state index in [1.54, 1.807) is 4.68 Å². The molecule has 90 valence electrons. The number of nitrogens with zero attached hydrogens (tertiary/aromatic N) is 2. The monoisotopic (exact) mass is 232 g/mol. The summed E-state index contributed by atoms with van der Waals surface area (Å²) in [7, 11) is 1.82. The first-order chi connectivity index (χ1) is 8.09. The molecule has 0 spiro atoms. The van der Waals surface area contributed by atoms with Gasteiger partial charge in [-0.25, -0.2) is 0 Å². The highest BCUT2D eigenvalue weighted by atomic mass is 16.1. The summed E-state index contributed by atoms with van der Waals surface area (Å²) in [5, 5.41) is 7.85. The van der Waals surface area contributed by atoms with Gasteiger partial charge < -0.3 is 11.1 Å². The van der Waals surface area contributed by atoms with E-state index in [0.29, 0.717) is 12.2 Å². The topological polar surface area (TPSA) is 72.9 Å². The summed E-state index contributed by atoms with van der Waals surface area (Å²) in [6, 6.07) is 7.59. The molecule has 0 saturated carbocycles. The van der Waals surface area contributed by atoms with E-state index in [1.165, 1.54) is 0 Å². The Kier molecular flexibility index (Phi) is 3.10. The number of aryl methyl sites for hydroxylation is 1. The zero-order chi connectivity index (χ0) is 12.4. The van der Waals surface area contributed by atoms with E-state index in [-0.39, 0.29) is 11.9 Å². The summed E-state index contributed by atoms with van der Waals surface area (Å²) >= 11 is 0. The van der Waals surface area contributed by atoms with Crippen LogP contribution in [0.5, 0.6) is 0 Å². The molecule has 0 saturated heterocycles. The fraction of sp³-hybridized carbons (Fsp3) is 0.333. The number of fused-ring (bicyclic) bond motifs is 1. The lowest BCUT2D eigenvalue weighted by Gasteiger charge is -2.05. The molecule has 2 aromatic rings. The zero-order valence-electron chi connectivity index (χ0n) is 9.97. The number of hydrogen-bond donors (Lipinski definition) is 2. The van der Waals surface area contributed by atoms with Crippen LogP contribution >= 0.6 is 0 Å². The number of amides is 1. The number of para-hydroxylation sites is 1. The highest BCUT2D eigenvalue weighted by Gasteiger charge is 2.15. The third kappa shape index (κ3) is 2.29. The van der Waals surface area contributed by atoms with Crippen molar-refractivity contribution in [3.63, 3.8) is 0 Å². The first-order valence-corrected chi connectivity index (χ1v) is 5.55. The van der Waals surface area contributed by atoms with Crippen LogP contribution in [0.2, 0.25) is 0 Å². The summed E-state index contributed by atoms with van der Waals surface area (Å²) in [6.07, 6.45) is 0. The van der Waals surface area contributed by atoms with Crippen molar-refractivity contribution in [1.29, 1.82) is 0 Å². The van der Waals surface area contributed by atoms with Gasteiger partial charge >= 0.3 is 0 Å². The SMILES string of the molecule is CC(N)CNC(=O)c1nn(C)c2ccccc12. The van der Waals surface area contributed by atoms with Crippen LogP contribution in [0.15, 0.2) is 24.3 Å². The van der Waals surface area contributed by atoms with Crippen molar-refractivity contribution < 1.29 is 4.79 Å². The summed E-state index contributed by atoms with van der Waals surface area (Å²) in [5.41, 5.74) is 6.99. The Bertz CT molecular complexity index is 544. The van der Waals surface area contributed by atoms with E-state index >= 15 is 0 Å². The smallest absolute Gasteiger partial charge is 0.272 e. The molecule has 1 aromatic carbocycles. The molecule has 2 rings (SSSR count). The van der Waals surface area contributed by atoms with Gasteiger partial charge in [-0.05, 0) is 13.0 Å². The molecule has 0 fully saturated rings. The Hall–Kier alpha value is -1.88. The van der Waals surface area contributed by atoms with Gasteiger partial charge in [0.25, 0.3) is 5.91 Å². The molecule has 0 radical (unpaired) electrons. The number of hydrogen-bond acceptors (Lipinski definition) is 3. The lowest BCUT2D eigenvalue weighted by Crippen LogP contribution is -2.35. The largest absolute Gasteiger partial charge is 0.349 e. The van der Waals surface area contributed by atoms with E-state index in [4.69, 9.17) is 5.73 Å². The van der Waals surface area contributed by atoms with Crippen LogP contribution in [-0.2, 0) is 7.05 Å². The molecule has 0 aliphatic heterocycles. The van der Waals surface area contributed by atoms with Gasteiger partial charge in [0.05, 0.1) is 5.52 Å². The second kappa shape index (κ2) is 4.55. The van der Waals surface area contributed by atoms with Crippen LogP contribution in [0.3, 0.4) is 0 Å². The van der Waals surface area contributed by atoms with Crippen LogP contribution in [0.1, 0.15) is 17.4 Å². The van der Waals surface area contributed by atoms with Crippen LogP contribution in [0.25, 0.3) is 10.9 Å². The van der Waals surface area contributed by atoms with E-state index in [2.05, 4.69) is 10.4 Å². The lowest BCUT2D eigenvalue weighted by atomic mass is 10.2. The average Bonchev–Trinajstić information content (AvgIpc) is 2.65. The van der Waals surface area contributed by atoms with Crippen LogP contribution in [0, 0.1) is 0 Å². The number of carbonyl (C=O) groups is 1. The van der Waals surface area contributed by atoms with Gasteiger partial charge in [-0.3, -0.25) is 9.48 Å². The average molecular weight is 232 g/mol. The van der Waals surface area contributed by atoms with Crippen LogP contribution < -0.4 is 11.1 Å². The zero-order valence-corrected chi connectivity index (χ0v) is 9.97. The van der Waals surface area contributed by atoms with E-state index < -0.39 is 0 Å². The fourth-order valence-electron chi connectivity index (χ4n) is 1.72. The third-order valence-electron chi connectivity index (χ3n) is 2.56. The normalized spacial score (nSPS) is 12.6. The summed E-state index contributed by atoms with van der Waals surface area (Å²) in [5.74, 6) is -0.181. The number of nitrogens with one attached hydrogen (secondary N) is 1. The first-order valence-electron chi connectivity index (χ1n) is 5.55. The van der Waals surface area contributed by atoms with Crippen molar-refractivity contribution in [2.24, 2.45) is 12.8 Å². The molecule has 1 aromatic heterocycles. The Morgan fingerprint density at radius 2 is 2.24 bits per heavy atom. The second-order valence-electron chi connectivity index (χ2n) is 4.18. The van der Waals surface area contributed by atoms with Gasteiger partial charge in [0.2, 0.25) is 0 Å². The van der Waals surface area contributed by atoms with Crippen molar-refractivity contribution in [2.45, 2.75) is 13.0 Å². The molecular weight excluding hydrogens is 216 g/mol. The number of nitrogens with two attached hydrogens (primary N) is 1. The molecule has 0 aliphatic rings. The summed E-state index contributed by atoms with van der Waals surface area (Å²) in [6.45, 7) is 2.29. The van der Waals surface area contributed by atoms with Gasteiger partial charge in [-0.2, -0.15) is 5.10 Å². The summed E-state index contributed by atoms with van der Waals surface area (Å²) < 4.78 is 1.70. The molecule has 1 heterocycles. The highest BCUT2D eigenvalue weighted by molar-refractivity contribution is 6.04. The Morgan fingerprint density at radius 3 is 2.94 bits per heavy atom. The maximum absolute atomic E-state index is 11.9. The van der Waals surface area contributed by atoms with Gasteiger partial charge in [0.1, 0.15) is 0 Å². The second-order valence-corrected chi connectivity index (χ2v) is 4.18. The minimum Gasteiger partial charge on any atom is -0.349 e. The van der Waals surface area contributed by atoms with Crippen LogP contribution in [0.4, 0.5) is 0 Å². The molecule has 17 heavy (non-hydrogen) atoms. The molecule has 0 bridgehead atoms. The third-order valence-corrected chi connectivity index (χ3v) is 2.56. The highest BCUT2D eigenvalue weighted by Crippen LogP contribution is 2.16. The van der Waals surface area contributed by atoms with Crippen molar-refractivity contribution in [2.75, 3.05) is 6.54 Å². The number of carbonyl (C=O) groups excluding carboxylic acids is 1. The van der Waals surface area contributed by atoms with Crippen molar-refractivity contribution >= 4 is 16.8 Å². The first kappa shape index (κ1) is 11.6. The molecule has 5 heteroatoms. The maximum atomic E-state index is 11.9. The Labute approximate surface area is 99.6 Å². The predicted octanol–water partition coefficient (Wildman–Crippen LogP) is 0.650. The molecule has 1 amide bonds. The molecule has 3 N–H and O–H groups in total. The van der Waals surface area contributed by atoms with Gasteiger partial charge in [-0.1, -0.05) is 18.2 Å². The van der Waals surface area contributed by atoms with E-state index in [9.17, 15) is 4.79 Å². The predicted molar refractivity (Wildman–Crippen MR) is 66.7 cm³/mol. The van der Waals surface area contributed by atoms with Gasteiger partial charge in [0.15, 0.2) is 5.69 Å². The number of benzene rings is 1. The Morgan fingerprint density at radius 1 is 1.53 bits per heavy atom. The quantitative estimate of drug-likeness (QED) is 0.816. The molecular formula is C12H16N4O. The van der Waals surface area contributed by atoms with E-state index in [0.717, 1.165) is 10.9 Å². The van der Waals surface area contributed by atoms with Crippen molar-refractivity contribution in [1.82, 2.24) is 15.1 Å². The van der Waals surface area contributed by atoms with Crippen molar-refractivity contribution in [3.05, 3.63) is 30.0 Å². The molecule has 0 aliphatic carbocycles. The van der Waals surface area contributed by atoms with E-state index in [1.807, 2.05) is 38.2 Å². The standard InChI is InChI=1S/C12H16N4O/c1-8(13)7-14-12(17)11-9-5-3-4-6-10(9)16(2)15-11/h3-6,8H,7,13H2,1-2H3,(H,14,17). The number of aromatic nitrogens is 2. The molecule has 1 unspecified atom stereocenters. The van der Waals surface area contributed by atoms with Gasteiger partial charge in [0, 0.05) is 25.0 Å². The molecule has 1 atom stereocenters. The maximum Gasteiger partial charge on any atom is 0.272 e. The lowest BCUT2D eigenvalue weighted by molar-refractivity contribution is 0.0947. The Balaban J connectivity index is 2.32. The van der Waals surface area contributed by atoms with Crippen LogP contribution in [-0.4, -0.2) is 28.3 Å². The summed E-state index contributed by atoms with van der Waals surface area (Å²) in [4.78, 5) is 11.9. The van der Waals surface area contributed by atoms with Gasteiger partial charge in [-0.15, -0.1) is 0 Å². The molecule has 5 nitrogen and oxygen atoms in total. The number of rotatable bonds is 3. The fourth-order valence-corrected chi connectivity index (χ4v) is 1.72. The minimum absolute atomic E-state index is 0.0612. The van der Waals surface area contributed by atoms with Crippen molar-refractivity contribution in [3.8, 4) is 0 Å².